The number of aryl methyl sites for hydroxylation is 1. The van der Waals surface area contributed by atoms with E-state index in [2.05, 4.69) is 9.71 Å². The lowest BCUT2D eigenvalue weighted by molar-refractivity contribution is 0.200. The number of nitrogens with one attached hydrogen (secondary N) is 2. The Morgan fingerprint density at radius 2 is 1.96 bits per heavy atom. The fourth-order valence-electron chi connectivity index (χ4n) is 2.10. The lowest BCUT2D eigenvalue weighted by atomic mass is 10.1. The molecule has 0 aliphatic carbocycles. The fraction of sp³-hybridized carbons (Fsp3) is 0.375. The van der Waals surface area contributed by atoms with Crippen LogP contribution in [0.1, 0.15) is 42.9 Å². The van der Waals surface area contributed by atoms with E-state index in [1.807, 2.05) is 5.43 Å². The minimum atomic E-state index is -3.72. The molecule has 148 valence electrons. The molecular weight excluding hydrogens is 412 g/mol. The maximum atomic E-state index is 12.8. The van der Waals surface area contributed by atoms with Crippen molar-refractivity contribution in [1.82, 2.24) is 15.1 Å². The molecule has 0 bridgehead atoms. The standard InChI is InChI=1S/C16H21ClN4O4S2/c1-9-13(26-15(19-9)25-14(22)20-18)12(10-7-5-6-8-11(10)17)21-27(23,24)16(2,3)4/h5-8,12,21H,18H2,1-4H3,(H,20,22). The molecule has 2 rings (SSSR count). The Bertz CT molecular complexity index is 938. The van der Waals surface area contributed by atoms with Crippen molar-refractivity contribution < 1.29 is 17.9 Å². The van der Waals surface area contributed by atoms with E-state index in [0.29, 0.717) is 21.2 Å². The summed E-state index contributed by atoms with van der Waals surface area (Å²) in [6.45, 7) is 6.48. The van der Waals surface area contributed by atoms with Crippen LogP contribution >= 0.6 is 22.9 Å². The highest BCUT2D eigenvalue weighted by Gasteiger charge is 2.34. The zero-order chi connectivity index (χ0) is 20.4. The Morgan fingerprint density at radius 1 is 1.33 bits per heavy atom. The largest absolute Gasteiger partial charge is 0.428 e. The summed E-state index contributed by atoms with van der Waals surface area (Å²) in [6, 6.07) is 6.12. The number of hydrogen-bond donors (Lipinski definition) is 3. The van der Waals surface area contributed by atoms with Crippen LogP contribution in [-0.2, 0) is 10.0 Å². The Labute approximate surface area is 167 Å². The second-order valence-electron chi connectivity index (χ2n) is 6.65. The van der Waals surface area contributed by atoms with Gasteiger partial charge in [-0.2, -0.15) is 0 Å². The summed E-state index contributed by atoms with van der Waals surface area (Å²) in [4.78, 5) is 16.1. The molecule has 0 fully saturated rings. The van der Waals surface area contributed by atoms with Gasteiger partial charge in [-0.3, -0.25) is 5.43 Å². The first-order valence-electron chi connectivity index (χ1n) is 7.88. The zero-order valence-electron chi connectivity index (χ0n) is 15.2. The first-order valence-corrected chi connectivity index (χ1v) is 10.6. The van der Waals surface area contributed by atoms with Crippen molar-refractivity contribution in [3.8, 4) is 5.19 Å². The van der Waals surface area contributed by atoms with Crippen LogP contribution in [0.4, 0.5) is 4.79 Å². The molecule has 1 aromatic carbocycles. The van der Waals surface area contributed by atoms with Crippen molar-refractivity contribution >= 4 is 39.1 Å². The van der Waals surface area contributed by atoms with Crippen LogP contribution in [0.15, 0.2) is 24.3 Å². The molecule has 1 amide bonds. The third-order valence-electron chi connectivity index (χ3n) is 3.67. The van der Waals surface area contributed by atoms with E-state index in [1.165, 1.54) is 0 Å². The summed E-state index contributed by atoms with van der Waals surface area (Å²) in [6.07, 6.45) is -0.875. The second kappa shape index (κ2) is 8.11. The van der Waals surface area contributed by atoms with E-state index in [-0.39, 0.29) is 5.19 Å². The number of nitrogens with two attached hydrogens (primary N) is 1. The smallest absolute Gasteiger partial charge is 0.380 e. The highest BCUT2D eigenvalue weighted by Crippen LogP contribution is 2.37. The molecule has 0 radical (unpaired) electrons. The number of benzene rings is 1. The summed E-state index contributed by atoms with van der Waals surface area (Å²) < 4.78 is 32.2. The molecule has 1 heterocycles. The number of thiazole rings is 1. The van der Waals surface area contributed by atoms with Crippen LogP contribution in [0.2, 0.25) is 5.02 Å². The summed E-state index contributed by atoms with van der Waals surface area (Å²) >= 11 is 7.35. The van der Waals surface area contributed by atoms with Crippen LogP contribution in [0.3, 0.4) is 0 Å². The molecule has 4 N–H and O–H groups in total. The zero-order valence-corrected chi connectivity index (χ0v) is 17.6. The van der Waals surface area contributed by atoms with Gasteiger partial charge in [-0.05, 0) is 39.3 Å². The highest BCUT2D eigenvalue weighted by molar-refractivity contribution is 7.90. The SMILES string of the molecule is Cc1nc(OC(=O)NN)sc1C(NS(=O)(=O)C(C)(C)C)c1ccccc1Cl. The van der Waals surface area contributed by atoms with Gasteiger partial charge < -0.3 is 4.74 Å². The Morgan fingerprint density at radius 3 is 2.52 bits per heavy atom. The van der Waals surface area contributed by atoms with Crippen molar-refractivity contribution in [1.29, 1.82) is 0 Å². The molecule has 0 saturated heterocycles. The number of amides is 1. The normalized spacial score (nSPS) is 13.3. The van der Waals surface area contributed by atoms with E-state index in [1.54, 1.807) is 52.0 Å². The van der Waals surface area contributed by atoms with E-state index in [9.17, 15) is 13.2 Å². The average Bonchev–Trinajstić information content (AvgIpc) is 2.92. The molecule has 0 aliphatic rings. The van der Waals surface area contributed by atoms with Gasteiger partial charge >= 0.3 is 6.09 Å². The van der Waals surface area contributed by atoms with Crippen molar-refractivity contribution in [2.45, 2.75) is 38.5 Å². The number of halogens is 1. The van der Waals surface area contributed by atoms with Crippen LogP contribution in [0.5, 0.6) is 5.19 Å². The van der Waals surface area contributed by atoms with Gasteiger partial charge in [-0.15, -0.1) is 0 Å². The number of hydrazine groups is 1. The predicted octanol–water partition coefficient (Wildman–Crippen LogP) is 2.87. The lowest BCUT2D eigenvalue weighted by Crippen LogP contribution is -2.41. The Hall–Kier alpha value is -1.72. The lowest BCUT2D eigenvalue weighted by Gasteiger charge is -2.25. The number of sulfonamides is 1. The molecule has 8 nitrogen and oxygen atoms in total. The van der Waals surface area contributed by atoms with Crippen LogP contribution in [0, 0.1) is 6.92 Å². The molecule has 2 aromatic rings. The minimum Gasteiger partial charge on any atom is -0.380 e. The van der Waals surface area contributed by atoms with E-state index in [4.69, 9.17) is 22.2 Å². The molecule has 0 aliphatic heterocycles. The summed E-state index contributed by atoms with van der Waals surface area (Å²) in [5.74, 6) is 5.01. The fourth-order valence-corrected chi connectivity index (χ4v) is 4.32. The summed E-state index contributed by atoms with van der Waals surface area (Å²) in [7, 11) is -3.72. The number of hydrogen-bond acceptors (Lipinski definition) is 7. The van der Waals surface area contributed by atoms with Crippen LogP contribution < -0.4 is 20.7 Å². The quantitative estimate of drug-likeness (QED) is 0.379. The molecule has 11 heteroatoms. The Kier molecular flexibility index (Phi) is 6.48. The van der Waals surface area contributed by atoms with Crippen LogP contribution in [-0.4, -0.2) is 24.2 Å². The molecule has 1 atom stereocenters. The number of nitrogens with zero attached hydrogens (tertiary/aromatic N) is 1. The predicted molar refractivity (Wildman–Crippen MR) is 105 cm³/mol. The molecular formula is C16H21ClN4O4S2. The van der Waals surface area contributed by atoms with E-state index >= 15 is 0 Å². The van der Waals surface area contributed by atoms with Gasteiger partial charge in [0.25, 0.3) is 5.19 Å². The maximum Gasteiger partial charge on any atom is 0.428 e. The third kappa shape index (κ3) is 4.96. The first-order chi connectivity index (χ1) is 12.5. The van der Waals surface area contributed by atoms with E-state index < -0.39 is 26.9 Å². The monoisotopic (exact) mass is 432 g/mol. The molecule has 1 aromatic heterocycles. The van der Waals surface area contributed by atoms with Crippen molar-refractivity contribution in [3.05, 3.63) is 45.4 Å². The van der Waals surface area contributed by atoms with Gasteiger partial charge in [0.15, 0.2) is 0 Å². The summed E-state index contributed by atoms with van der Waals surface area (Å²) in [5.41, 5.74) is 2.91. The van der Waals surface area contributed by atoms with Gasteiger partial charge in [0.05, 0.1) is 21.4 Å². The van der Waals surface area contributed by atoms with Crippen LogP contribution in [0.25, 0.3) is 0 Å². The molecule has 1 unspecified atom stereocenters. The van der Waals surface area contributed by atoms with Crippen molar-refractivity contribution in [3.63, 3.8) is 0 Å². The van der Waals surface area contributed by atoms with Crippen molar-refractivity contribution in [2.24, 2.45) is 5.84 Å². The van der Waals surface area contributed by atoms with Gasteiger partial charge in [0.2, 0.25) is 10.0 Å². The topological polar surface area (TPSA) is 123 Å². The van der Waals surface area contributed by atoms with Crippen molar-refractivity contribution in [2.75, 3.05) is 0 Å². The number of carbonyl (C=O) groups is 1. The molecule has 0 saturated carbocycles. The maximum absolute atomic E-state index is 12.8. The van der Waals surface area contributed by atoms with Gasteiger partial charge in [0, 0.05) is 5.02 Å². The van der Waals surface area contributed by atoms with Gasteiger partial charge in [-0.25, -0.2) is 28.8 Å². The third-order valence-corrected chi connectivity index (χ3v) is 7.27. The minimum absolute atomic E-state index is 0.0393. The molecule has 27 heavy (non-hydrogen) atoms. The molecule has 0 spiro atoms. The van der Waals surface area contributed by atoms with Gasteiger partial charge in [-0.1, -0.05) is 41.1 Å². The number of aromatic nitrogens is 1. The van der Waals surface area contributed by atoms with E-state index in [0.717, 1.165) is 11.3 Å². The highest BCUT2D eigenvalue weighted by atomic mass is 35.5. The Balaban J connectivity index is 2.54. The number of ether oxygens (including phenoxy) is 1. The first kappa shape index (κ1) is 21.6. The number of rotatable bonds is 5. The number of carbonyl (C=O) groups excluding carboxylic acids is 1. The second-order valence-corrected chi connectivity index (χ2v) is 10.5. The summed E-state index contributed by atoms with van der Waals surface area (Å²) in [5, 5.41) is 0.437. The average molecular weight is 433 g/mol. The van der Waals surface area contributed by atoms with Gasteiger partial charge in [0.1, 0.15) is 0 Å².